The molecular weight excluding hydrogens is 242 g/mol. The van der Waals surface area contributed by atoms with Crippen LogP contribution in [0.15, 0.2) is 18.2 Å². The van der Waals surface area contributed by atoms with Crippen molar-refractivity contribution in [1.29, 1.82) is 0 Å². The van der Waals surface area contributed by atoms with E-state index in [4.69, 9.17) is 19.9 Å². The third-order valence-electron chi connectivity index (χ3n) is 3.66. The third-order valence-corrected chi connectivity index (χ3v) is 3.66. The molecule has 106 valence electrons. The Labute approximate surface area is 114 Å². The number of hydrogen-bond donors (Lipinski definition) is 1. The van der Waals surface area contributed by atoms with Gasteiger partial charge in [-0.3, -0.25) is 0 Å². The van der Waals surface area contributed by atoms with Gasteiger partial charge in [-0.05, 0) is 37.5 Å². The molecule has 4 nitrogen and oxygen atoms in total. The van der Waals surface area contributed by atoms with Crippen molar-refractivity contribution in [3.05, 3.63) is 23.8 Å². The monoisotopic (exact) mass is 265 g/mol. The summed E-state index contributed by atoms with van der Waals surface area (Å²) in [5.41, 5.74) is 7.03. The van der Waals surface area contributed by atoms with Crippen molar-refractivity contribution in [3.63, 3.8) is 0 Å². The number of nitrogens with two attached hydrogens (primary N) is 1. The number of hydrogen-bond acceptors (Lipinski definition) is 4. The zero-order valence-corrected chi connectivity index (χ0v) is 11.9. The Hall–Kier alpha value is -1.26. The third kappa shape index (κ3) is 3.39. The highest BCUT2D eigenvalue weighted by Gasteiger charge is 2.32. The minimum absolute atomic E-state index is 0.183. The summed E-state index contributed by atoms with van der Waals surface area (Å²) >= 11 is 0. The fourth-order valence-electron chi connectivity index (χ4n) is 2.72. The summed E-state index contributed by atoms with van der Waals surface area (Å²) in [6.45, 7) is 2.87. The van der Waals surface area contributed by atoms with Gasteiger partial charge in [0.15, 0.2) is 11.5 Å². The zero-order valence-electron chi connectivity index (χ0n) is 11.9. The van der Waals surface area contributed by atoms with Crippen LogP contribution in [-0.4, -0.2) is 32.5 Å². The molecule has 2 unspecified atom stereocenters. The summed E-state index contributed by atoms with van der Waals surface area (Å²) in [6, 6.07) is 6.23. The lowest BCUT2D eigenvalue weighted by Crippen LogP contribution is -2.44. The molecule has 0 amide bonds. The van der Waals surface area contributed by atoms with Crippen LogP contribution in [0.4, 0.5) is 0 Å². The van der Waals surface area contributed by atoms with Crippen molar-refractivity contribution < 1.29 is 14.2 Å². The highest BCUT2D eigenvalue weighted by molar-refractivity contribution is 5.43. The molecular formula is C15H23NO3. The molecule has 2 N–H and O–H groups in total. The number of ether oxygens (including phenoxy) is 3. The minimum atomic E-state index is -0.183. The Kier molecular flexibility index (Phi) is 4.32. The van der Waals surface area contributed by atoms with Crippen LogP contribution in [0.5, 0.6) is 11.5 Å². The molecule has 0 spiro atoms. The first kappa shape index (κ1) is 14.2. The van der Waals surface area contributed by atoms with Crippen LogP contribution in [0.25, 0.3) is 0 Å². The van der Waals surface area contributed by atoms with Crippen molar-refractivity contribution in [2.75, 3.05) is 20.8 Å². The van der Waals surface area contributed by atoms with E-state index in [9.17, 15) is 0 Å². The number of methoxy groups -OCH3 is 2. The Bertz CT molecular complexity index is 435. The second kappa shape index (κ2) is 5.80. The van der Waals surface area contributed by atoms with E-state index in [-0.39, 0.29) is 11.6 Å². The first-order valence-electron chi connectivity index (χ1n) is 6.67. The first-order valence-corrected chi connectivity index (χ1v) is 6.67. The quantitative estimate of drug-likeness (QED) is 0.906. The van der Waals surface area contributed by atoms with E-state index in [0.29, 0.717) is 0 Å². The molecule has 19 heavy (non-hydrogen) atoms. The smallest absolute Gasteiger partial charge is 0.160 e. The largest absolute Gasteiger partial charge is 0.493 e. The summed E-state index contributed by atoms with van der Waals surface area (Å²) in [7, 11) is 3.29. The molecule has 0 aromatic heterocycles. The number of rotatable bonds is 4. The maximum absolute atomic E-state index is 6.04. The number of benzene rings is 1. The van der Waals surface area contributed by atoms with Crippen LogP contribution in [0.3, 0.4) is 0 Å². The van der Waals surface area contributed by atoms with Gasteiger partial charge in [0.1, 0.15) is 0 Å². The van der Waals surface area contributed by atoms with Gasteiger partial charge in [0.05, 0.1) is 19.8 Å². The summed E-state index contributed by atoms with van der Waals surface area (Å²) in [4.78, 5) is 0. The van der Waals surface area contributed by atoms with E-state index in [2.05, 4.69) is 13.0 Å². The molecule has 2 rings (SSSR count). The lowest BCUT2D eigenvalue weighted by Gasteiger charge is -2.37. The van der Waals surface area contributed by atoms with E-state index in [1.807, 2.05) is 12.1 Å². The summed E-state index contributed by atoms with van der Waals surface area (Å²) in [5.74, 6) is 1.50. The molecule has 0 radical (unpaired) electrons. The molecule has 1 fully saturated rings. The fourth-order valence-corrected chi connectivity index (χ4v) is 2.72. The van der Waals surface area contributed by atoms with Crippen molar-refractivity contribution >= 4 is 0 Å². The van der Waals surface area contributed by atoms with Gasteiger partial charge >= 0.3 is 0 Å². The van der Waals surface area contributed by atoms with Gasteiger partial charge in [0, 0.05) is 19.1 Å². The fraction of sp³-hybridized carbons (Fsp3) is 0.600. The normalized spacial score (nSPS) is 27.1. The SMILES string of the molecule is COc1ccc(CC2(C)CC(N)CCO2)cc1OC. The van der Waals surface area contributed by atoms with Gasteiger partial charge in [0.2, 0.25) is 0 Å². The molecule has 2 atom stereocenters. The zero-order chi connectivity index (χ0) is 13.9. The van der Waals surface area contributed by atoms with Crippen molar-refractivity contribution in [2.45, 2.75) is 37.8 Å². The second-order valence-electron chi connectivity index (χ2n) is 5.42. The Balaban J connectivity index is 2.14. The van der Waals surface area contributed by atoms with E-state index >= 15 is 0 Å². The highest BCUT2D eigenvalue weighted by atomic mass is 16.5. The lowest BCUT2D eigenvalue weighted by molar-refractivity contribution is -0.0706. The molecule has 0 bridgehead atoms. The van der Waals surface area contributed by atoms with Gasteiger partial charge in [-0.1, -0.05) is 6.07 Å². The van der Waals surface area contributed by atoms with E-state index in [1.165, 1.54) is 5.56 Å². The molecule has 1 saturated heterocycles. The van der Waals surface area contributed by atoms with Crippen molar-refractivity contribution in [2.24, 2.45) is 5.73 Å². The lowest BCUT2D eigenvalue weighted by atomic mass is 9.87. The van der Waals surface area contributed by atoms with Crippen molar-refractivity contribution in [1.82, 2.24) is 0 Å². The predicted molar refractivity (Wildman–Crippen MR) is 74.8 cm³/mol. The maximum Gasteiger partial charge on any atom is 0.160 e. The van der Waals surface area contributed by atoms with Crippen LogP contribution in [-0.2, 0) is 11.2 Å². The van der Waals surface area contributed by atoms with Gasteiger partial charge in [-0.2, -0.15) is 0 Å². The molecule has 0 saturated carbocycles. The first-order chi connectivity index (χ1) is 9.06. The molecule has 1 aromatic rings. The van der Waals surface area contributed by atoms with Crippen molar-refractivity contribution in [3.8, 4) is 11.5 Å². The average molecular weight is 265 g/mol. The van der Waals surface area contributed by atoms with Gasteiger partial charge in [0.25, 0.3) is 0 Å². The molecule has 0 aliphatic carbocycles. The maximum atomic E-state index is 6.04. The highest BCUT2D eigenvalue weighted by Crippen LogP contribution is 2.32. The topological polar surface area (TPSA) is 53.7 Å². The molecule has 1 aromatic carbocycles. The van der Waals surface area contributed by atoms with Crippen LogP contribution in [0.2, 0.25) is 0 Å². The average Bonchev–Trinajstić information content (AvgIpc) is 2.37. The molecule has 1 aliphatic heterocycles. The molecule has 4 heteroatoms. The van der Waals surface area contributed by atoms with Gasteiger partial charge in [-0.15, -0.1) is 0 Å². The Morgan fingerprint density at radius 2 is 2.05 bits per heavy atom. The van der Waals surface area contributed by atoms with Crippen LogP contribution in [0.1, 0.15) is 25.3 Å². The minimum Gasteiger partial charge on any atom is -0.493 e. The molecule has 1 heterocycles. The van der Waals surface area contributed by atoms with Crippen LogP contribution >= 0.6 is 0 Å². The summed E-state index contributed by atoms with van der Waals surface area (Å²) in [5, 5.41) is 0. The van der Waals surface area contributed by atoms with Crippen LogP contribution in [0, 0.1) is 0 Å². The van der Waals surface area contributed by atoms with Crippen LogP contribution < -0.4 is 15.2 Å². The van der Waals surface area contributed by atoms with Gasteiger partial charge < -0.3 is 19.9 Å². The Morgan fingerprint density at radius 3 is 2.68 bits per heavy atom. The standard InChI is InChI=1S/C15H23NO3/c1-15(10-12(16)6-7-19-15)9-11-4-5-13(17-2)14(8-11)18-3/h4-5,8,12H,6-7,9-10,16H2,1-3H3. The second-order valence-corrected chi connectivity index (χ2v) is 5.42. The van der Waals surface area contributed by atoms with E-state index < -0.39 is 0 Å². The Morgan fingerprint density at radius 1 is 1.32 bits per heavy atom. The molecule has 1 aliphatic rings. The summed E-state index contributed by atoms with van der Waals surface area (Å²) < 4.78 is 16.5. The van der Waals surface area contributed by atoms with Gasteiger partial charge in [-0.25, -0.2) is 0 Å². The van der Waals surface area contributed by atoms with E-state index in [0.717, 1.165) is 37.4 Å². The predicted octanol–water partition coefficient (Wildman–Crippen LogP) is 2.14. The van der Waals surface area contributed by atoms with E-state index in [1.54, 1.807) is 14.2 Å². The summed E-state index contributed by atoms with van der Waals surface area (Å²) in [6.07, 6.45) is 2.67.